The molecule has 3 heteroatoms. The molecule has 0 amide bonds. The third kappa shape index (κ3) is 3.78. The van der Waals surface area contributed by atoms with Crippen molar-refractivity contribution in [3.63, 3.8) is 0 Å². The van der Waals surface area contributed by atoms with Gasteiger partial charge in [0.25, 0.3) is 0 Å². The zero-order valence-electron chi connectivity index (χ0n) is 8.86. The topological polar surface area (TPSA) is 32.3 Å². The molecule has 0 saturated carbocycles. The van der Waals surface area contributed by atoms with Gasteiger partial charge in [-0.1, -0.05) is 13.0 Å². The Balaban J connectivity index is 2.24. The van der Waals surface area contributed by atoms with Crippen LogP contribution in [0.2, 0.25) is 0 Å². The Labute approximate surface area is 90.0 Å². The lowest BCUT2D eigenvalue weighted by Gasteiger charge is -2.15. The highest BCUT2D eigenvalue weighted by Gasteiger charge is 2.07. The first-order valence-electron chi connectivity index (χ1n) is 5.11. The fourth-order valence-corrected chi connectivity index (χ4v) is 2.10. The van der Waals surface area contributed by atoms with E-state index in [1.165, 1.54) is 4.88 Å². The summed E-state index contributed by atoms with van der Waals surface area (Å²) in [6.45, 7) is 5.59. The Kier molecular flexibility index (Phi) is 5.15. The van der Waals surface area contributed by atoms with Crippen LogP contribution in [-0.2, 0) is 0 Å². The molecule has 0 spiro atoms. The molecule has 0 aromatic carbocycles. The van der Waals surface area contributed by atoms with Crippen LogP contribution in [0.3, 0.4) is 0 Å². The first-order valence-corrected chi connectivity index (χ1v) is 5.99. The number of thiophene rings is 1. The van der Waals surface area contributed by atoms with E-state index in [1.807, 2.05) is 0 Å². The SMILES string of the molecule is CC(CCO)CNC(C)c1cccs1. The van der Waals surface area contributed by atoms with E-state index < -0.39 is 0 Å². The number of rotatable bonds is 6. The van der Waals surface area contributed by atoms with E-state index in [-0.39, 0.29) is 6.61 Å². The average Bonchev–Trinajstić information content (AvgIpc) is 2.67. The highest BCUT2D eigenvalue weighted by molar-refractivity contribution is 7.10. The lowest BCUT2D eigenvalue weighted by atomic mass is 10.1. The Hall–Kier alpha value is -0.380. The van der Waals surface area contributed by atoms with Crippen molar-refractivity contribution in [1.29, 1.82) is 0 Å². The molecule has 2 N–H and O–H groups in total. The van der Waals surface area contributed by atoms with E-state index in [2.05, 4.69) is 36.7 Å². The van der Waals surface area contributed by atoms with Crippen LogP contribution in [-0.4, -0.2) is 18.3 Å². The smallest absolute Gasteiger partial charge is 0.0434 e. The molecule has 2 nitrogen and oxygen atoms in total. The molecule has 1 rings (SSSR count). The summed E-state index contributed by atoms with van der Waals surface area (Å²) >= 11 is 1.78. The van der Waals surface area contributed by atoms with Crippen molar-refractivity contribution in [2.24, 2.45) is 5.92 Å². The summed E-state index contributed by atoms with van der Waals surface area (Å²) in [4.78, 5) is 1.38. The van der Waals surface area contributed by atoms with Gasteiger partial charge in [-0.2, -0.15) is 0 Å². The number of aliphatic hydroxyl groups excluding tert-OH is 1. The third-order valence-corrected chi connectivity index (χ3v) is 3.42. The summed E-state index contributed by atoms with van der Waals surface area (Å²) in [5.74, 6) is 0.544. The van der Waals surface area contributed by atoms with Crippen LogP contribution in [0.4, 0.5) is 0 Å². The minimum atomic E-state index is 0.288. The van der Waals surface area contributed by atoms with Gasteiger partial charge in [0.2, 0.25) is 0 Å². The highest BCUT2D eigenvalue weighted by atomic mass is 32.1. The molecule has 0 aliphatic carbocycles. The number of hydrogen-bond acceptors (Lipinski definition) is 3. The minimum absolute atomic E-state index is 0.288. The van der Waals surface area contributed by atoms with Crippen molar-refractivity contribution in [2.75, 3.05) is 13.2 Å². The molecule has 80 valence electrons. The highest BCUT2D eigenvalue weighted by Crippen LogP contribution is 2.18. The lowest BCUT2D eigenvalue weighted by molar-refractivity contribution is 0.258. The van der Waals surface area contributed by atoms with Crippen molar-refractivity contribution in [2.45, 2.75) is 26.3 Å². The third-order valence-electron chi connectivity index (χ3n) is 2.36. The van der Waals surface area contributed by atoms with E-state index in [0.717, 1.165) is 13.0 Å². The Morgan fingerprint density at radius 2 is 2.29 bits per heavy atom. The molecule has 1 heterocycles. The molecule has 14 heavy (non-hydrogen) atoms. The molecule has 0 saturated heterocycles. The van der Waals surface area contributed by atoms with Gasteiger partial charge in [0, 0.05) is 17.5 Å². The molecular formula is C11H19NOS. The van der Waals surface area contributed by atoms with Crippen LogP contribution < -0.4 is 5.32 Å². The van der Waals surface area contributed by atoms with Gasteiger partial charge in [-0.25, -0.2) is 0 Å². The largest absolute Gasteiger partial charge is 0.396 e. The van der Waals surface area contributed by atoms with Gasteiger partial charge in [0.15, 0.2) is 0 Å². The number of aliphatic hydroxyl groups is 1. The van der Waals surface area contributed by atoms with Crippen molar-refractivity contribution < 1.29 is 5.11 Å². The number of nitrogens with one attached hydrogen (secondary N) is 1. The van der Waals surface area contributed by atoms with E-state index >= 15 is 0 Å². The molecular weight excluding hydrogens is 194 g/mol. The van der Waals surface area contributed by atoms with Crippen molar-refractivity contribution in [3.05, 3.63) is 22.4 Å². The molecule has 1 aromatic rings. The molecule has 0 radical (unpaired) electrons. The molecule has 0 bridgehead atoms. The number of hydrogen-bond donors (Lipinski definition) is 2. The molecule has 1 aromatic heterocycles. The molecule has 0 fully saturated rings. The maximum absolute atomic E-state index is 8.76. The van der Waals surface area contributed by atoms with Crippen LogP contribution in [0.5, 0.6) is 0 Å². The van der Waals surface area contributed by atoms with Gasteiger partial charge in [0.1, 0.15) is 0 Å². The van der Waals surface area contributed by atoms with Crippen molar-refractivity contribution in [3.8, 4) is 0 Å². The van der Waals surface area contributed by atoms with E-state index in [4.69, 9.17) is 5.11 Å². The Morgan fingerprint density at radius 1 is 1.50 bits per heavy atom. The maximum Gasteiger partial charge on any atom is 0.0434 e. The summed E-state index contributed by atoms with van der Waals surface area (Å²) in [5.41, 5.74) is 0. The van der Waals surface area contributed by atoms with E-state index in [0.29, 0.717) is 12.0 Å². The quantitative estimate of drug-likeness (QED) is 0.760. The fraction of sp³-hybridized carbons (Fsp3) is 0.636. The van der Waals surface area contributed by atoms with Gasteiger partial charge in [0.05, 0.1) is 0 Å². The normalized spacial score (nSPS) is 15.4. The van der Waals surface area contributed by atoms with Crippen LogP contribution in [0.25, 0.3) is 0 Å². The average molecular weight is 213 g/mol. The van der Waals surface area contributed by atoms with Gasteiger partial charge < -0.3 is 10.4 Å². The van der Waals surface area contributed by atoms with E-state index in [9.17, 15) is 0 Å². The molecule has 2 atom stereocenters. The minimum Gasteiger partial charge on any atom is -0.396 e. The van der Waals surface area contributed by atoms with Crippen molar-refractivity contribution in [1.82, 2.24) is 5.32 Å². The summed E-state index contributed by atoms with van der Waals surface area (Å²) in [6.07, 6.45) is 0.879. The summed E-state index contributed by atoms with van der Waals surface area (Å²) < 4.78 is 0. The van der Waals surface area contributed by atoms with E-state index in [1.54, 1.807) is 11.3 Å². The zero-order valence-corrected chi connectivity index (χ0v) is 9.68. The van der Waals surface area contributed by atoms with Crippen LogP contribution >= 0.6 is 11.3 Å². The predicted molar refractivity (Wildman–Crippen MR) is 61.6 cm³/mol. The second-order valence-electron chi connectivity index (χ2n) is 3.76. The van der Waals surface area contributed by atoms with Gasteiger partial charge >= 0.3 is 0 Å². The van der Waals surface area contributed by atoms with Crippen molar-refractivity contribution >= 4 is 11.3 Å². The van der Waals surface area contributed by atoms with Gasteiger partial charge in [-0.3, -0.25) is 0 Å². The Morgan fingerprint density at radius 3 is 2.86 bits per heavy atom. The van der Waals surface area contributed by atoms with Crippen LogP contribution in [0, 0.1) is 5.92 Å². The second-order valence-corrected chi connectivity index (χ2v) is 4.74. The predicted octanol–water partition coefficient (Wildman–Crippen LogP) is 2.42. The first-order chi connectivity index (χ1) is 6.74. The zero-order chi connectivity index (χ0) is 10.4. The van der Waals surface area contributed by atoms with Crippen LogP contribution in [0.1, 0.15) is 31.2 Å². The molecule has 0 aliphatic rings. The molecule has 0 aliphatic heterocycles. The summed E-state index contributed by atoms with van der Waals surface area (Å²) in [7, 11) is 0. The van der Waals surface area contributed by atoms with Crippen LogP contribution in [0.15, 0.2) is 17.5 Å². The molecule has 2 unspecified atom stereocenters. The monoisotopic (exact) mass is 213 g/mol. The summed E-state index contributed by atoms with van der Waals surface area (Å²) in [5, 5.41) is 14.3. The maximum atomic E-state index is 8.76. The fourth-order valence-electron chi connectivity index (χ4n) is 1.34. The first kappa shape index (κ1) is 11.7. The standard InChI is InChI=1S/C11H19NOS/c1-9(5-6-13)8-12-10(2)11-4-3-7-14-11/h3-4,7,9-10,12-13H,5-6,8H2,1-2H3. The van der Waals surface area contributed by atoms with Gasteiger partial charge in [-0.05, 0) is 37.3 Å². The summed E-state index contributed by atoms with van der Waals surface area (Å²) in [6, 6.07) is 4.66. The Bertz CT molecular complexity index is 235. The lowest BCUT2D eigenvalue weighted by Crippen LogP contribution is -2.24. The van der Waals surface area contributed by atoms with Gasteiger partial charge in [-0.15, -0.1) is 11.3 Å². The second kappa shape index (κ2) is 6.17.